The van der Waals surface area contributed by atoms with Crippen molar-refractivity contribution in [1.82, 2.24) is 15.2 Å². The van der Waals surface area contributed by atoms with Gasteiger partial charge in [0, 0.05) is 19.2 Å². The van der Waals surface area contributed by atoms with Gasteiger partial charge in [0.1, 0.15) is 23.7 Å². The van der Waals surface area contributed by atoms with Crippen LogP contribution < -0.4 is 16.4 Å². The van der Waals surface area contributed by atoms with Gasteiger partial charge in [-0.05, 0) is 79.6 Å². The van der Waals surface area contributed by atoms with Crippen LogP contribution in [0.4, 0.5) is 5.82 Å². The van der Waals surface area contributed by atoms with Gasteiger partial charge >= 0.3 is 0 Å². The minimum absolute atomic E-state index is 0.169. The van der Waals surface area contributed by atoms with E-state index >= 15 is 0 Å². The lowest BCUT2D eigenvalue weighted by Crippen LogP contribution is -2.55. The fourth-order valence-electron chi connectivity index (χ4n) is 5.09. The summed E-state index contributed by atoms with van der Waals surface area (Å²) in [5.74, 6) is -0.531. The van der Waals surface area contributed by atoms with Gasteiger partial charge in [0.2, 0.25) is 17.7 Å². The minimum atomic E-state index is -0.865. The van der Waals surface area contributed by atoms with E-state index in [1.165, 1.54) is 4.90 Å². The monoisotopic (exact) mass is 529 g/mol. The summed E-state index contributed by atoms with van der Waals surface area (Å²) in [6.07, 6.45) is 3.31. The van der Waals surface area contributed by atoms with E-state index in [9.17, 15) is 19.5 Å². The van der Waals surface area contributed by atoms with Gasteiger partial charge in [-0.2, -0.15) is 0 Å². The van der Waals surface area contributed by atoms with Gasteiger partial charge in [-0.25, -0.2) is 4.98 Å². The molecule has 9 heteroatoms. The van der Waals surface area contributed by atoms with Crippen molar-refractivity contribution in [2.75, 3.05) is 11.9 Å². The molecule has 3 amide bonds. The van der Waals surface area contributed by atoms with Gasteiger partial charge in [-0.3, -0.25) is 14.4 Å². The first-order valence-electron chi connectivity index (χ1n) is 13.1. The van der Waals surface area contributed by atoms with Crippen LogP contribution in [0.15, 0.2) is 66.9 Å². The fraction of sp³-hybridized carbons (Fsp3) is 0.333. The SMILES string of the molecule is Cc1cc(O)cc(C)c1C[C@H](N)C(=O)N1CCC[C@H]1C(=O)N[C@@H](Cc1ccccc1)C(=O)Nc1ccccn1. The smallest absolute Gasteiger partial charge is 0.248 e. The van der Waals surface area contributed by atoms with Crippen molar-refractivity contribution in [3.8, 4) is 5.75 Å². The molecule has 0 unspecified atom stereocenters. The molecule has 2 aromatic carbocycles. The second kappa shape index (κ2) is 12.5. The van der Waals surface area contributed by atoms with Crippen molar-refractivity contribution >= 4 is 23.5 Å². The quantitative estimate of drug-likeness (QED) is 0.336. The number of hydrogen-bond acceptors (Lipinski definition) is 6. The van der Waals surface area contributed by atoms with Crippen molar-refractivity contribution in [3.63, 3.8) is 0 Å². The first-order valence-corrected chi connectivity index (χ1v) is 13.1. The molecule has 3 aromatic rings. The standard InChI is InChI=1S/C30H35N5O4/c1-19-15-22(36)16-20(2)23(19)18-24(31)30(39)35-14-8-11-26(35)29(38)33-25(17-21-9-4-3-5-10-21)28(37)34-27-12-6-7-13-32-27/h3-7,9-10,12-13,15-16,24-26,36H,8,11,14,17-18,31H2,1-2H3,(H,33,38)(H,32,34,37)/t24-,25-,26-/m0/s1. The predicted molar refractivity (Wildman–Crippen MR) is 149 cm³/mol. The number of hydrogen-bond donors (Lipinski definition) is 4. The third-order valence-electron chi connectivity index (χ3n) is 7.09. The van der Waals surface area contributed by atoms with Crippen LogP contribution in [0, 0.1) is 13.8 Å². The lowest BCUT2D eigenvalue weighted by Gasteiger charge is -2.28. The second-order valence-electron chi connectivity index (χ2n) is 10.0. The lowest BCUT2D eigenvalue weighted by molar-refractivity contribution is -0.140. The van der Waals surface area contributed by atoms with Crippen molar-refractivity contribution in [3.05, 3.63) is 89.1 Å². The van der Waals surface area contributed by atoms with Crippen LogP contribution >= 0.6 is 0 Å². The minimum Gasteiger partial charge on any atom is -0.508 e. The maximum Gasteiger partial charge on any atom is 0.248 e. The van der Waals surface area contributed by atoms with Gasteiger partial charge in [-0.15, -0.1) is 0 Å². The maximum atomic E-state index is 13.5. The van der Waals surface area contributed by atoms with Crippen LogP contribution in [0.3, 0.4) is 0 Å². The number of aromatic nitrogens is 1. The Morgan fingerprint density at radius 1 is 1.05 bits per heavy atom. The number of nitrogens with one attached hydrogen (secondary N) is 2. The van der Waals surface area contributed by atoms with Gasteiger partial charge in [0.05, 0.1) is 6.04 Å². The maximum absolute atomic E-state index is 13.5. The van der Waals surface area contributed by atoms with E-state index in [0.29, 0.717) is 31.6 Å². The molecule has 4 rings (SSSR count). The molecule has 2 heterocycles. The van der Waals surface area contributed by atoms with E-state index in [4.69, 9.17) is 5.73 Å². The molecular formula is C30H35N5O4. The van der Waals surface area contributed by atoms with Crippen LogP contribution in [0.25, 0.3) is 0 Å². The Balaban J connectivity index is 1.47. The Morgan fingerprint density at radius 2 is 1.74 bits per heavy atom. The summed E-state index contributed by atoms with van der Waals surface area (Å²) in [4.78, 5) is 45.7. The van der Waals surface area contributed by atoms with Gasteiger partial charge < -0.3 is 26.4 Å². The molecule has 1 saturated heterocycles. The number of nitrogens with two attached hydrogens (primary N) is 1. The molecule has 1 fully saturated rings. The third-order valence-corrected chi connectivity index (χ3v) is 7.09. The molecule has 5 N–H and O–H groups in total. The van der Waals surface area contributed by atoms with Gasteiger partial charge in [0.25, 0.3) is 0 Å². The molecule has 0 aliphatic carbocycles. The number of carbonyl (C=O) groups is 3. The number of phenolic OH excluding ortho intramolecular Hbond substituents is 1. The highest BCUT2D eigenvalue weighted by molar-refractivity contribution is 5.98. The molecular weight excluding hydrogens is 494 g/mol. The number of anilines is 1. The number of aryl methyl sites for hydroxylation is 2. The van der Waals surface area contributed by atoms with Crippen LogP contribution in [-0.4, -0.2) is 57.4 Å². The highest BCUT2D eigenvalue weighted by atomic mass is 16.3. The van der Waals surface area contributed by atoms with Crippen LogP contribution in [0.2, 0.25) is 0 Å². The van der Waals surface area contributed by atoms with E-state index in [2.05, 4.69) is 15.6 Å². The molecule has 39 heavy (non-hydrogen) atoms. The predicted octanol–water partition coefficient (Wildman–Crippen LogP) is 2.63. The van der Waals surface area contributed by atoms with E-state index in [0.717, 1.165) is 22.3 Å². The molecule has 204 valence electrons. The highest BCUT2D eigenvalue weighted by Crippen LogP contribution is 2.24. The summed E-state index contributed by atoms with van der Waals surface area (Å²) < 4.78 is 0. The molecule has 0 saturated carbocycles. The summed E-state index contributed by atoms with van der Waals surface area (Å²) in [5.41, 5.74) is 9.85. The number of carbonyl (C=O) groups excluding carboxylic acids is 3. The normalized spacial score (nSPS) is 16.4. The number of aromatic hydroxyl groups is 1. The zero-order valence-electron chi connectivity index (χ0n) is 22.3. The number of pyridine rings is 1. The van der Waals surface area contributed by atoms with Crippen LogP contribution in [0.5, 0.6) is 5.75 Å². The van der Waals surface area contributed by atoms with E-state index < -0.39 is 24.0 Å². The molecule has 0 spiro atoms. The summed E-state index contributed by atoms with van der Waals surface area (Å²) in [7, 11) is 0. The van der Waals surface area contributed by atoms with Crippen molar-refractivity contribution in [2.24, 2.45) is 5.73 Å². The van der Waals surface area contributed by atoms with Crippen molar-refractivity contribution in [1.29, 1.82) is 0 Å². The number of likely N-dealkylation sites (tertiary alicyclic amines) is 1. The zero-order chi connectivity index (χ0) is 27.9. The molecule has 0 bridgehead atoms. The van der Waals surface area contributed by atoms with Crippen LogP contribution in [0.1, 0.15) is 35.1 Å². The highest BCUT2D eigenvalue weighted by Gasteiger charge is 2.37. The lowest BCUT2D eigenvalue weighted by atomic mass is 9.95. The second-order valence-corrected chi connectivity index (χ2v) is 10.0. The number of benzene rings is 2. The molecule has 0 radical (unpaired) electrons. The Bertz CT molecular complexity index is 1290. The number of nitrogens with zero attached hydrogens (tertiary/aromatic N) is 2. The Kier molecular flexibility index (Phi) is 8.93. The molecule has 3 atom stereocenters. The van der Waals surface area contributed by atoms with Gasteiger partial charge in [0.15, 0.2) is 0 Å². The molecule has 9 nitrogen and oxygen atoms in total. The molecule has 1 aliphatic rings. The largest absolute Gasteiger partial charge is 0.508 e. The number of rotatable bonds is 9. The van der Waals surface area contributed by atoms with E-state index in [1.807, 2.05) is 44.2 Å². The summed E-state index contributed by atoms with van der Waals surface area (Å²) in [6, 6.07) is 15.5. The average molecular weight is 530 g/mol. The molecule has 1 aromatic heterocycles. The topological polar surface area (TPSA) is 138 Å². The molecule has 1 aliphatic heterocycles. The van der Waals surface area contributed by atoms with Crippen LogP contribution in [-0.2, 0) is 27.2 Å². The Morgan fingerprint density at radius 3 is 2.41 bits per heavy atom. The Labute approximate surface area is 228 Å². The first kappa shape index (κ1) is 27.8. The summed E-state index contributed by atoms with van der Waals surface area (Å²) in [5, 5.41) is 15.5. The number of phenols is 1. The van der Waals surface area contributed by atoms with Crippen molar-refractivity contribution < 1.29 is 19.5 Å². The zero-order valence-corrected chi connectivity index (χ0v) is 22.3. The summed E-state index contributed by atoms with van der Waals surface area (Å²) in [6.45, 7) is 4.16. The van der Waals surface area contributed by atoms with Crippen molar-refractivity contribution in [2.45, 2.75) is 57.7 Å². The fourth-order valence-corrected chi connectivity index (χ4v) is 5.09. The average Bonchev–Trinajstić information content (AvgIpc) is 3.41. The third kappa shape index (κ3) is 7.00. The summed E-state index contributed by atoms with van der Waals surface area (Å²) >= 11 is 0. The Hall–Kier alpha value is -4.24. The number of amides is 3. The van der Waals surface area contributed by atoms with E-state index in [-0.39, 0.29) is 24.0 Å². The van der Waals surface area contributed by atoms with Gasteiger partial charge in [-0.1, -0.05) is 36.4 Å². The van der Waals surface area contributed by atoms with E-state index in [1.54, 1.807) is 36.5 Å². The first-order chi connectivity index (χ1) is 18.7.